The third-order valence-electron chi connectivity index (χ3n) is 13.6. The molecule has 6 heterocycles. The molecule has 2 aromatic carbocycles. The largest absolute Gasteiger partial charge is 0.384 e. The number of Topliss-reactive ketones (excluding diaryl/α,β-unsaturated/α-hetero) is 1. The van der Waals surface area contributed by atoms with Crippen molar-refractivity contribution in [2.24, 2.45) is 0 Å². The predicted molar refractivity (Wildman–Crippen MR) is 287 cm³/mol. The number of piperazine rings is 1. The molecular weight excluding hydrogens is 973 g/mol. The first-order chi connectivity index (χ1) is 36.8. The zero-order valence-corrected chi connectivity index (χ0v) is 43.7. The summed E-state index contributed by atoms with van der Waals surface area (Å²) >= 11 is 0. The number of carbonyl (C=O) groups is 4. The zero-order valence-electron chi connectivity index (χ0n) is 43.7. The maximum atomic E-state index is 13.4. The Hall–Kier alpha value is -6.94. The van der Waals surface area contributed by atoms with E-state index in [0.29, 0.717) is 137 Å². The van der Waals surface area contributed by atoms with Crippen molar-refractivity contribution in [1.29, 1.82) is 0 Å². The van der Waals surface area contributed by atoms with Gasteiger partial charge >= 0.3 is 0 Å². The summed E-state index contributed by atoms with van der Waals surface area (Å²) in [6.45, 7) is 19.1. The minimum absolute atomic E-state index is 0.209. The number of benzene rings is 2. The molecule has 3 N–H and O–H groups in total. The minimum Gasteiger partial charge on any atom is -0.384 e. The Labute approximate surface area is 442 Å². The Bertz CT molecular complexity index is 2920. The van der Waals surface area contributed by atoms with Crippen LogP contribution in [0.4, 0.5) is 17.3 Å². The number of unbranched alkanes of at least 4 members (excludes halogenated alkanes) is 1. The Balaban J connectivity index is 0.630. The van der Waals surface area contributed by atoms with Crippen LogP contribution in [0.2, 0.25) is 0 Å². The third-order valence-corrected chi connectivity index (χ3v) is 13.6. The Morgan fingerprint density at radius 1 is 0.829 bits per heavy atom. The molecule has 1 unspecified atom stereocenters. The fourth-order valence-corrected chi connectivity index (χ4v) is 9.57. The van der Waals surface area contributed by atoms with Gasteiger partial charge in [0, 0.05) is 68.9 Å². The van der Waals surface area contributed by atoms with Crippen molar-refractivity contribution < 1.29 is 43.2 Å². The second-order valence-corrected chi connectivity index (χ2v) is 19.6. The van der Waals surface area contributed by atoms with E-state index in [9.17, 15) is 29.1 Å². The molecule has 0 spiro atoms. The Morgan fingerprint density at radius 3 is 2.22 bits per heavy atom. The molecular formula is C56H70N10O10. The number of nitrogens with one attached hydrogen (secondary N) is 2. The lowest BCUT2D eigenvalue weighted by Gasteiger charge is -2.36. The van der Waals surface area contributed by atoms with Crippen LogP contribution < -0.4 is 21.1 Å². The average molecular weight is 1040 g/mol. The summed E-state index contributed by atoms with van der Waals surface area (Å²) in [5.74, 6) is -0.273. The van der Waals surface area contributed by atoms with E-state index in [0.717, 1.165) is 67.4 Å². The van der Waals surface area contributed by atoms with E-state index in [-0.39, 0.29) is 23.8 Å². The number of hydrogen-bond acceptors (Lipinski definition) is 16. The minimum atomic E-state index is -1.18. The summed E-state index contributed by atoms with van der Waals surface area (Å²) in [5, 5.41) is 16.9. The first-order valence-corrected chi connectivity index (χ1v) is 26.3. The topological polar surface area (TPSA) is 225 Å². The molecule has 20 heteroatoms. The second-order valence-electron chi connectivity index (χ2n) is 19.6. The molecule has 404 valence electrons. The number of amides is 3. The van der Waals surface area contributed by atoms with Crippen molar-refractivity contribution >= 4 is 51.9 Å². The number of nitrogens with zero attached hydrogens (tertiary/aromatic N) is 8. The van der Waals surface area contributed by atoms with Gasteiger partial charge in [0.15, 0.2) is 11.5 Å². The highest BCUT2D eigenvalue weighted by atomic mass is 16.6. The van der Waals surface area contributed by atoms with Gasteiger partial charge in [-0.25, -0.2) is 19.3 Å². The van der Waals surface area contributed by atoms with E-state index in [1.165, 1.54) is 10.9 Å². The average Bonchev–Trinajstić information content (AvgIpc) is 3.90. The van der Waals surface area contributed by atoms with Crippen LogP contribution in [-0.2, 0) is 47.1 Å². The van der Waals surface area contributed by atoms with Crippen molar-refractivity contribution in [3.63, 3.8) is 0 Å². The van der Waals surface area contributed by atoms with Gasteiger partial charge < -0.3 is 39.6 Å². The number of aryl methyl sites for hydroxylation is 1. The molecule has 3 aliphatic heterocycles. The van der Waals surface area contributed by atoms with E-state index in [4.69, 9.17) is 23.9 Å². The van der Waals surface area contributed by atoms with Gasteiger partial charge in [-0.1, -0.05) is 30.9 Å². The van der Waals surface area contributed by atoms with Crippen molar-refractivity contribution in [3.05, 3.63) is 125 Å². The highest BCUT2D eigenvalue weighted by molar-refractivity contribution is 6.23. The molecule has 2 fully saturated rings. The molecule has 0 aliphatic carbocycles. The number of carbonyl (C=O) groups excluding carboxylic acids is 4. The van der Waals surface area contributed by atoms with E-state index in [1.807, 2.05) is 18.2 Å². The number of pyridine rings is 1. The number of hydrogen-bond donors (Lipinski definition) is 3. The fourth-order valence-electron chi connectivity index (χ4n) is 9.57. The van der Waals surface area contributed by atoms with Gasteiger partial charge in [-0.05, 0) is 107 Å². The van der Waals surface area contributed by atoms with Crippen LogP contribution in [-0.4, -0.2) is 154 Å². The van der Waals surface area contributed by atoms with E-state index in [2.05, 4.69) is 55.7 Å². The molecule has 76 heavy (non-hydrogen) atoms. The van der Waals surface area contributed by atoms with Gasteiger partial charge in [-0.2, -0.15) is 4.98 Å². The van der Waals surface area contributed by atoms with Crippen LogP contribution >= 0.6 is 0 Å². The summed E-state index contributed by atoms with van der Waals surface area (Å²) in [4.78, 5) is 84.7. The molecule has 0 saturated carbocycles. The molecule has 3 aliphatic rings. The lowest BCUT2D eigenvalue weighted by Crippen LogP contribution is -2.51. The molecule has 1 atom stereocenters. The normalized spacial score (nSPS) is 16.2. The summed E-state index contributed by atoms with van der Waals surface area (Å²) in [6, 6.07) is 17.8. The third kappa shape index (κ3) is 13.9. The van der Waals surface area contributed by atoms with Crippen molar-refractivity contribution in [1.82, 2.24) is 39.4 Å². The molecule has 8 rings (SSSR count). The number of aromatic nitrogens is 5. The molecule has 2 saturated heterocycles. The van der Waals surface area contributed by atoms with E-state index in [1.54, 1.807) is 54.9 Å². The standard InChI is InChI=1S/C56H70N10O10/c1-5-24-64-52(69)45-38-57-55(61-50(45)66(64)48-16-9-15-47(60-48)56(3,4)72)59-41-18-20-42(21-19-41)63-28-26-62(27-29-63)25-7-6-13-43(67)23-31-74-33-35-76-37-36-75-34-32-73-30-10-12-40-11-8-14-44-49(40)54(71)65(53(44)70)46-22-17-39(2)58-51(46)68/h5,8-9,11,14-16,18-21,38,46,72H,1-2,6-7,10,12-13,17,22-37H2,3-4H3,(H,58,68)(H,57,59,61). The quantitative estimate of drug-likeness (QED) is 0.0307. The van der Waals surface area contributed by atoms with E-state index < -0.39 is 23.5 Å². The number of rotatable bonds is 29. The Morgan fingerprint density at radius 2 is 1.53 bits per heavy atom. The van der Waals surface area contributed by atoms with Crippen LogP contribution in [0.25, 0.3) is 16.9 Å². The van der Waals surface area contributed by atoms with Crippen LogP contribution in [0, 0.1) is 0 Å². The van der Waals surface area contributed by atoms with Gasteiger partial charge in [-0.15, -0.1) is 6.58 Å². The molecule has 0 radical (unpaired) electrons. The van der Waals surface area contributed by atoms with Crippen molar-refractivity contribution in [2.45, 2.75) is 83.4 Å². The number of imide groups is 1. The molecule has 3 aromatic heterocycles. The highest BCUT2D eigenvalue weighted by Gasteiger charge is 2.44. The van der Waals surface area contributed by atoms with Crippen LogP contribution in [0.5, 0.6) is 0 Å². The van der Waals surface area contributed by atoms with Crippen molar-refractivity contribution in [2.75, 3.05) is 95.8 Å². The maximum Gasteiger partial charge on any atom is 0.278 e. The number of ketones is 1. The fraction of sp³-hybridized carbons (Fsp3) is 0.464. The first-order valence-electron chi connectivity index (χ1n) is 26.3. The van der Waals surface area contributed by atoms with Crippen LogP contribution in [0.3, 0.4) is 0 Å². The van der Waals surface area contributed by atoms with Gasteiger partial charge in [0.25, 0.3) is 17.4 Å². The smallest absolute Gasteiger partial charge is 0.278 e. The first kappa shape index (κ1) is 55.3. The number of allylic oxidation sites excluding steroid dienone is 2. The molecule has 0 bridgehead atoms. The monoisotopic (exact) mass is 1040 g/mol. The van der Waals surface area contributed by atoms with Gasteiger partial charge in [0.2, 0.25) is 11.9 Å². The number of fused-ring (bicyclic) bond motifs is 2. The molecule has 3 amide bonds. The second kappa shape index (κ2) is 26.2. The molecule has 20 nitrogen and oxygen atoms in total. The summed E-state index contributed by atoms with van der Waals surface area (Å²) < 4.78 is 25.7. The highest BCUT2D eigenvalue weighted by Crippen LogP contribution is 2.31. The number of aliphatic hydroxyl groups is 1. The zero-order chi connectivity index (χ0) is 53.6. The number of piperidine rings is 1. The summed E-state index contributed by atoms with van der Waals surface area (Å²) in [6.07, 6.45) is 7.99. The van der Waals surface area contributed by atoms with Gasteiger partial charge in [0.1, 0.15) is 22.8 Å². The lowest BCUT2D eigenvalue weighted by molar-refractivity contribution is -0.125. The van der Waals surface area contributed by atoms with Crippen molar-refractivity contribution in [3.8, 4) is 5.82 Å². The van der Waals surface area contributed by atoms with Crippen LogP contribution in [0.1, 0.15) is 90.8 Å². The Kier molecular flexibility index (Phi) is 19.1. The van der Waals surface area contributed by atoms with Gasteiger partial charge in [-0.3, -0.25) is 33.8 Å². The van der Waals surface area contributed by atoms with Gasteiger partial charge in [0.05, 0.1) is 69.6 Å². The van der Waals surface area contributed by atoms with Crippen LogP contribution in [0.15, 0.2) is 96.6 Å². The molecule has 5 aromatic rings. The lowest BCUT2D eigenvalue weighted by atomic mass is 9.99. The number of ether oxygens (including phenoxy) is 4. The SMILES string of the molecule is C=CCn1c(=O)c2cnc(Nc3ccc(N4CCN(CCCCC(=O)CCOCCOCCOCCOCCCc5cccc6c5C(=O)N(C5CCC(=C)NC5=O)C6=O)CC4)cc3)nc2n1-c1cccc(C(C)(C)O)n1. The maximum absolute atomic E-state index is 13.4. The summed E-state index contributed by atoms with van der Waals surface area (Å²) in [7, 11) is 0. The predicted octanol–water partition coefficient (Wildman–Crippen LogP) is 5.47. The van der Waals surface area contributed by atoms with E-state index >= 15 is 0 Å². The summed E-state index contributed by atoms with van der Waals surface area (Å²) in [5.41, 5.74) is 3.37. The number of anilines is 3.